The highest BCUT2D eigenvalue weighted by atomic mass is 35.5. The van der Waals surface area contributed by atoms with Crippen LogP contribution in [0.25, 0.3) is 0 Å². The van der Waals surface area contributed by atoms with Crippen LogP contribution in [-0.4, -0.2) is 28.7 Å². The number of ether oxygens (including phenoxy) is 1. The van der Waals surface area contributed by atoms with Crippen LogP contribution < -0.4 is 11.1 Å². The van der Waals surface area contributed by atoms with Gasteiger partial charge in [-0.3, -0.25) is 0 Å². The zero-order valence-electron chi connectivity index (χ0n) is 10.7. The third-order valence-electron chi connectivity index (χ3n) is 3.17. The van der Waals surface area contributed by atoms with Crippen molar-refractivity contribution in [1.82, 2.24) is 9.97 Å². The SMILES string of the molecule is CC1(C)CC(CNc2ncnc(N)c2Cl)CCO1. The summed E-state index contributed by atoms with van der Waals surface area (Å²) < 4.78 is 5.69. The molecule has 0 spiro atoms. The summed E-state index contributed by atoms with van der Waals surface area (Å²) in [6, 6.07) is 0. The van der Waals surface area contributed by atoms with Gasteiger partial charge in [0.05, 0.1) is 5.60 Å². The van der Waals surface area contributed by atoms with Crippen molar-refractivity contribution in [2.75, 3.05) is 24.2 Å². The zero-order valence-corrected chi connectivity index (χ0v) is 11.5. The van der Waals surface area contributed by atoms with Gasteiger partial charge >= 0.3 is 0 Å². The average Bonchev–Trinajstić information content (AvgIpc) is 2.30. The lowest BCUT2D eigenvalue weighted by Crippen LogP contribution is -2.36. The predicted molar refractivity (Wildman–Crippen MR) is 72.7 cm³/mol. The van der Waals surface area contributed by atoms with Crippen LogP contribution in [-0.2, 0) is 4.74 Å². The zero-order chi connectivity index (χ0) is 13.2. The minimum absolute atomic E-state index is 0.0426. The molecule has 0 aliphatic carbocycles. The molecular formula is C12H19ClN4O. The lowest BCUT2D eigenvalue weighted by molar-refractivity contribution is -0.0699. The molecule has 1 aliphatic heterocycles. The number of hydrogen-bond acceptors (Lipinski definition) is 5. The first-order valence-corrected chi connectivity index (χ1v) is 6.49. The number of anilines is 2. The molecule has 6 heteroatoms. The lowest BCUT2D eigenvalue weighted by atomic mass is 9.88. The van der Waals surface area contributed by atoms with E-state index in [0.717, 1.165) is 26.0 Å². The Morgan fingerprint density at radius 1 is 1.56 bits per heavy atom. The number of rotatable bonds is 3. The second-order valence-corrected chi connectivity index (χ2v) is 5.65. The van der Waals surface area contributed by atoms with Crippen LogP contribution in [0.1, 0.15) is 26.7 Å². The summed E-state index contributed by atoms with van der Waals surface area (Å²) in [6.45, 7) is 5.87. The molecule has 1 fully saturated rings. The van der Waals surface area contributed by atoms with E-state index in [2.05, 4.69) is 29.1 Å². The smallest absolute Gasteiger partial charge is 0.150 e. The number of aromatic nitrogens is 2. The van der Waals surface area contributed by atoms with Crippen molar-refractivity contribution >= 4 is 23.2 Å². The van der Waals surface area contributed by atoms with Crippen molar-refractivity contribution in [2.45, 2.75) is 32.3 Å². The van der Waals surface area contributed by atoms with Gasteiger partial charge in [-0.05, 0) is 32.6 Å². The molecule has 100 valence electrons. The Balaban J connectivity index is 1.93. The summed E-state index contributed by atoms with van der Waals surface area (Å²) in [5.74, 6) is 1.47. The molecule has 5 nitrogen and oxygen atoms in total. The maximum Gasteiger partial charge on any atom is 0.150 e. The third kappa shape index (κ3) is 3.23. The normalized spacial score (nSPS) is 22.7. The molecule has 1 aromatic rings. The molecule has 3 N–H and O–H groups in total. The number of halogens is 1. The van der Waals surface area contributed by atoms with E-state index in [0.29, 0.717) is 22.6 Å². The molecule has 0 bridgehead atoms. The van der Waals surface area contributed by atoms with Crippen molar-refractivity contribution in [2.24, 2.45) is 5.92 Å². The Kier molecular flexibility index (Phi) is 3.92. The van der Waals surface area contributed by atoms with Crippen LogP contribution >= 0.6 is 11.6 Å². The summed E-state index contributed by atoms with van der Waals surface area (Å²) in [5.41, 5.74) is 5.59. The topological polar surface area (TPSA) is 73.1 Å². The van der Waals surface area contributed by atoms with Crippen molar-refractivity contribution in [3.63, 3.8) is 0 Å². The van der Waals surface area contributed by atoms with Crippen LogP contribution in [0.4, 0.5) is 11.6 Å². The van der Waals surface area contributed by atoms with E-state index in [-0.39, 0.29) is 5.60 Å². The van der Waals surface area contributed by atoms with Gasteiger partial charge in [-0.1, -0.05) is 11.6 Å². The number of nitrogens with zero attached hydrogens (tertiary/aromatic N) is 2. The van der Waals surface area contributed by atoms with Gasteiger partial charge < -0.3 is 15.8 Å². The van der Waals surface area contributed by atoms with Gasteiger partial charge in [0.1, 0.15) is 23.0 Å². The van der Waals surface area contributed by atoms with E-state index in [4.69, 9.17) is 22.1 Å². The first-order valence-electron chi connectivity index (χ1n) is 6.12. The van der Waals surface area contributed by atoms with E-state index in [1.54, 1.807) is 0 Å². The third-order valence-corrected chi connectivity index (χ3v) is 3.55. The molecule has 1 atom stereocenters. The number of hydrogen-bond donors (Lipinski definition) is 2. The fraction of sp³-hybridized carbons (Fsp3) is 0.667. The molecule has 2 rings (SSSR count). The van der Waals surface area contributed by atoms with Gasteiger partial charge in [0.25, 0.3) is 0 Å². The van der Waals surface area contributed by atoms with E-state index in [1.165, 1.54) is 6.33 Å². The minimum atomic E-state index is -0.0426. The standard InChI is InChI=1S/C12H19ClN4O/c1-12(2)5-8(3-4-18-12)6-15-11-9(13)10(14)16-7-17-11/h7-8H,3-6H2,1-2H3,(H3,14,15,16,17). The molecule has 2 heterocycles. The van der Waals surface area contributed by atoms with Crippen molar-refractivity contribution in [1.29, 1.82) is 0 Å². The molecule has 1 saturated heterocycles. The molecule has 0 aromatic carbocycles. The van der Waals surface area contributed by atoms with Crippen LogP contribution in [0.3, 0.4) is 0 Å². The molecule has 1 unspecified atom stereocenters. The largest absolute Gasteiger partial charge is 0.382 e. The molecule has 1 aliphatic rings. The highest BCUT2D eigenvalue weighted by Crippen LogP contribution is 2.29. The van der Waals surface area contributed by atoms with Crippen LogP contribution in [0.5, 0.6) is 0 Å². The number of nitrogens with two attached hydrogens (primary N) is 1. The maximum absolute atomic E-state index is 6.03. The first kappa shape index (κ1) is 13.4. The molecule has 1 aromatic heterocycles. The van der Waals surface area contributed by atoms with Crippen LogP contribution in [0.2, 0.25) is 5.02 Å². The fourth-order valence-corrected chi connectivity index (χ4v) is 2.44. The van der Waals surface area contributed by atoms with E-state index in [1.807, 2.05) is 0 Å². The van der Waals surface area contributed by atoms with Gasteiger partial charge in [-0.15, -0.1) is 0 Å². The summed E-state index contributed by atoms with van der Waals surface area (Å²) in [7, 11) is 0. The van der Waals surface area contributed by atoms with Crippen molar-refractivity contribution < 1.29 is 4.74 Å². The summed E-state index contributed by atoms with van der Waals surface area (Å²) in [4.78, 5) is 7.93. The monoisotopic (exact) mass is 270 g/mol. The minimum Gasteiger partial charge on any atom is -0.382 e. The van der Waals surface area contributed by atoms with Gasteiger partial charge in [0, 0.05) is 13.2 Å². The number of nitrogen functional groups attached to an aromatic ring is 1. The van der Waals surface area contributed by atoms with Crippen LogP contribution in [0.15, 0.2) is 6.33 Å². The Labute approximate surface area is 112 Å². The molecule has 0 radical (unpaired) electrons. The second-order valence-electron chi connectivity index (χ2n) is 5.27. The highest BCUT2D eigenvalue weighted by molar-refractivity contribution is 6.35. The average molecular weight is 271 g/mol. The van der Waals surface area contributed by atoms with E-state index in [9.17, 15) is 0 Å². The van der Waals surface area contributed by atoms with E-state index < -0.39 is 0 Å². The van der Waals surface area contributed by atoms with Gasteiger partial charge in [-0.2, -0.15) is 0 Å². The fourth-order valence-electron chi connectivity index (χ4n) is 2.28. The van der Waals surface area contributed by atoms with Crippen molar-refractivity contribution in [3.05, 3.63) is 11.3 Å². The first-order chi connectivity index (χ1) is 8.48. The maximum atomic E-state index is 6.03. The van der Waals surface area contributed by atoms with Gasteiger partial charge in [-0.25, -0.2) is 9.97 Å². The Morgan fingerprint density at radius 2 is 2.33 bits per heavy atom. The van der Waals surface area contributed by atoms with Gasteiger partial charge in [0.15, 0.2) is 0 Å². The Bertz CT molecular complexity index is 425. The van der Waals surface area contributed by atoms with Crippen molar-refractivity contribution in [3.8, 4) is 0 Å². The predicted octanol–water partition coefficient (Wildman–Crippen LogP) is 2.33. The van der Waals surface area contributed by atoms with Gasteiger partial charge in [0.2, 0.25) is 0 Å². The second kappa shape index (κ2) is 5.28. The molecular weight excluding hydrogens is 252 g/mol. The summed E-state index contributed by atoms with van der Waals surface area (Å²) >= 11 is 6.03. The highest BCUT2D eigenvalue weighted by Gasteiger charge is 2.28. The Hall–Kier alpha value is -1.07. The van der Waals surface area contributed by atoms with Crippen LogP contribution in [0, 0.1) is 5.92 Å². The Morgan fingerprint density at radius 3 is 3.06 bits per heavy atom. The molecule has 0 amide bonds. The molecule has 0 saturated carbocycles. The lowest BCUT2D eigenvalue weighted by Gasteiger charge is -2.35. The quantitative estimate of drug-likeness (QED) is 0.882. The summed E-state index contributed by atoms with van der Waals surface area (Å²) in [5, 5.41) is 3.64. The van der Waals surface area contributed by atoms with E-state index >= 15 is 0 Å². The molecule has 18 heavy (non-hydrogen) atoms. The number of nitrogens with one attached hydrogen (secondary N) is 1. The summed E-state index contributed by atoms with van der Waals surface area (Å²) in [6.07, 6.45) is 3.49.